The lowest BCUT2D eigenvalue weighted by Gasteiger charge is -2.30. The number of aryl methyl sites for hydroxylation is 2. The summed E-state index contributed by atoms with van der Waals surface area (Å²) in [5.41, 5.74) is 5.32. The first-order chi connectivity index (χ1) is 16.3. The molecule has 3 heterocycles. The molecule has 1 aliphatic rings. The second kappa shape index (κ2) is 10.3. The summed E-state index contributed by atoms with van der Waals surface area (Å²) in [7, 11) is 0. The van der Waals surface area contributed by atoms with E-state index in [4.69, 9.17) is 0 Å². The average Bonchev–Trinajstić information content (AvgIpc) is 3.27. The molecule has 0 saturated heterocycles. The van der Waals surface area contributed by atoms with Crippen LogP contribution in [0.25, 0.3) is 0 Å². The molecule has 1 aromatic carbocycles. The summed E-state index contributed by atoms with van der Waals surface area (Å²) in [5.74, 6) is -0.765. The maximum atomic E-state index is 13.1. The van der Waals surface area contributed by atoms with Gasteiger partial charge < -0.3 is 10.2 Å². The number of ketones is 1. The predicted molar refractivity (Wildman–Crippen MR) is 128 cm³/mol. The number of rotatable bonds is 7. The quantitative estimate of drug-likeness (QED) is 0.510. The van der Waals surface area contributed by atoms with Gasteiger partial charge in [0, 0.05) is 49.9 Å². The van der Waals surface area contributed by atoms with Crippen LogP contribution in [-0.2, 0) is 24.3 Å². The van der Waals surface area contributed by atoms with Crippen LogP contribution in [-0.4, -0.2) is 34.0 Å². The second-order valence-electron chi connectivity index (χ2n) is 8.44. The molecule has 34 heavy (non-hydrogen) atoms. The summed E-state index contributed by atoms with van der Waals surface area (Å²) in [6, 6.07) is 7.29. The van der Waals surface area contributed by atoms with Crippen molar-refractivity contribution in [2.24, 2.45) is 0 Å². The molecule has 0 radical (unpaired) electrons. The van der Waals surface area contributed by atoms with Crippen molar-refractivity contribution in [2.75, 3.05) is 6.54 Å². The third-order valence-corrected chi connectivity index (χ3v) is 7.19. The van der Waals surface area contributed by atoms with Crippen molar-refractivity contribution in [1.82, 2.24) is 15.2 Å². The van der Waals surface area contributed by atoms with Crippen LogP contribution in [0.5, 0.6) is 0 Å². The minimum Gasteiger partial charge on any atom is -0.347 e. The number of fused-ring (bicyclic) bond motifs is 1. The molecule has 1 N–H and O–H groups in total. The van der Waals surface area contributed by atoms with Gasteiger partial charge in [-0.1, -0.05) is 0 Å². The van der Waals surface area contributed by atoms with E-state index in [1.165, 1.54) is 35.6 Å². The van der Waals surface area contributed by atoms with Crippen molar-refractivity contribution in [3.63, 3.8) is 0 Å². The largest absolute Gasteiger partial charge is 0.347 e. The lowest BCUT2D eigenvalue weighted by molar-refractivity contribution is -0.132. The number of pyridine rings is 1. The average molecular weight is 480 g/mol. The van der Waals surface area contributed by atoms with Crippen molar-refractivity contribution in [2.45, 2.75) is 46.2 Å². The minimum atomic E-state index is -0.399. The zero-order chi connectivity index (χ0) is 24.2. The Balaban J connectivity index is 1.38. The third-order valence-electron chi connectivity index (χ3n) is 6.17. The van der Waals surface area contributed by atoms with Crippen LogP contribution in [0, 0.1) is 19.7 Å². The number of thiophene rings is 1. The normalized spacial score (nSPS) is 12.9. The predicted octanol–water partition coefficient (Wildman–Crippen LogP) is 4.38. The highest BCUT2D eigenvalue weighted by molar-refractivity contribution is 7.12. The Morgan fingerprint density at radius 1 is 1.12 bits per heavy atom. The summed E-state index contributed by atoms with van der Waals surface area (Å²) in [6.07, 6.45) is 2.65. The van der Waals surface area contributed by atoms with Gasteiger partial charge in [-0.2, -0.15) is 0 Å². The van der Waals surface area contributed by atoms with Crippen LogP contribution in [0.3, 0.4) is 0 Å². The number of nitrogens with one attached hydrogen (secondary N) is 1. The van der Waals surface area contributed by atoms with Crippen molar-refractivity contribution in [1.29, 1.82) is 0 Å². The topological polar surface area (TPSA) is 79.4 Å². The molecule has 0 spiro atoms. The third kappa shape index (κ3) is 5.22. The summed E-state index contributed by atoms with van der Waals surface area (Å²) in [5, 5.41) is 4.91. The molecule has 176 valence electrons. The Morgan fingerprint density at radius 2 is 1.88 bits per heavy atom. The van der Waals surface area contributed by atoms with Crippen molar-refractivity contribution in [3.05, 3.63) is 86.1 Å². The van der Waals surface area contributed by atoms with Crippen LogP contribution in [0.15, 0.2) is 41.9 Å². The van der Waals surface area contributed by atoms with Gasteiger partial charge in [0.15, 0.2) is 5.78 Å². The first kappa shape index (κ1) is 23.8. The number of Topliss-reactive ketones (excluding diaryl/α,β-unsaturated/α-hetero) is 1. The van der Waals surface area contributed by atoms with E-state index in [0.29, 0.717) is 36.5 Å². The van der Waals surface area contributed by atoms with E-state index >= 15 is 0 Å². The number of hydrogen-bond acceptors (Lipinski definition) is 5. The summed E-state index contributed by atoms with van der Waals surface area (Å²) < 4.78 is 13.1. The van der Waals surface area contributed by atoms with Gasteiger partial charge >= 0.3 is 0 Å². The number of amides is 2. The molecule has 2 amide bonds. The monoisotopic (exact) mass is 479 g/mol. The van der Waals surface area contributed by atoms with Gasteiger partial charge in [-0.15, -0.1) is 11.3 Å². The number of nitrogens with zero attached hydrogens (tertiary/aromatic N) is 2. The molecule has 0 saturated carbocycles. The van der Waals surface area contributed by atoms with Gasteiger partial charge in [-0.25, -0.2) is 4.39 Å². The number of carbonyl (C=O) groups is 3. The number of hydrogen-bond donors (Lipinski definition) is 1. The first-order valence-corrected chi connectivity index (χ1v) is 12.1. The molecule has 0 unspecified atom stereocenters. The zero-order valence-electron chi connectivity index (χ0n) is 19.2. The van der Waals surface area contributed by atoms with Crippen LogP contribution in [0.4, 0.5) is 4.39 Å². The van der Waals surface area contributed by atoms with E-state index in [-0.39, 0.29) is 30.4 Å². The first-order valence-electron chi connectivity index (χ1n) is 11.2. The Hall–Kier alpha value is -3.39. The van der Waals surface area contributed by atoms with Gasteiger partial charge in [0.2, 0.25) is 5.91 Å². The van der Waals surface area contributed by atoms with Crippen LogP contribution in [0.2, 0.25) is 0 Å². The van der Waals surface area contributed by atoms with Gasteiger partial charge in [0.25, 0.3) is 5.91 Å². The molecule has 0 aliphatic carbocycles. The zero-order valence-corrected chi connectivity index (χ0v) is 20.0. The molecule has 1 aliphatic heterocycles. The second-order valence-corrected chi connectivity index (χ2v) is 9.35. The minimum absolute atomic E-state index is 0.0827. The number of halogens is 1. The standard InChI is InChI=1S/C26H26FN3O3S/c1-16-10-12-34-25(16)26(33)29-14-22-17(2)28-13-19-15-30(11-9-21(19)22)24(32)8-7-23(31)18-3-5-20(27)6-4-18/h3-6,10,12-13H,7-9,11,14-15H2,1-2H3,(H,29,33). The van der Waals surface area contributed by atoms with Crippen LogP contribution in [0.1, 0.15) is 60.8 Å². The molecular weight excluding hydrogens is 453 g/mol. The smallest absolute Gasteiger partial charge is 0.261 e. The Bertz CT molecular complexity index is 1240. The van der Waals surface area contributed by atoms with Crippen LogP contribution >= 0.6 is 11.3 Å². The van der Waals surface area contributed by atoms with Crippen molar-refractivity contribution >= 4 is 28.9 Å². The highest BCUT2D eigenvalue weighted by atomic mass is 32.1. The van der Waals surface area contributed by atoms with Crippen molar-refractivity contribution in [3.8, 4) is 0 Å². The molecule has 0 bridgehead atoms. The Kier molecular flexibility index (Phi) is 7.17. The van der Waals surface area contributed by atoms with E-state index in [2.05, 4.69) is 10.3 Å². The fourth-order valence-electron chi connectivity index (χ4n) is 4.18. The SMILES string of the molecule is Cc1ccsc1C(=O)NCc1c(C)ncc2c1CCN(C(=O)CCC(=O)c1ccc(F)cc1)C2. The molecule has 4 rings (SSSR count). The van der Waals surface area contributed by atoms with Gasteiger partial charge in [-0.3, -0.25) is 19.4 Å². The molecule has 2 aromatic heterocycles. The molecule has 0 fully saturated rings. The molecule has 0 atom stereocenters. The van der Waals surface area contributed by atoms with Gasteiger partial charge in [-0.05, 0) is 78.2 Å². The summed E-state index contributed by atoms with van der Waals surface area (Å²) in [6.45, 7) is 5.21. The lowest BCUT2D eigenvalue weighted by atomic mass is 9.94. The van der Waals surface area contributed by atoms with E-state index in [9.17, 15) is 18.8 Å². The van der Waals surface area contributed by atoms with Crippen LogP contribution < -0.4 is 5.32 Å². The highest BCUT2D eigenvalue weighted by Gasteiger charge is 2.24. The molecular formula is C26H26FN3O3S. The molecule has 6 nitrogen and oxygen atoms in total. The van der Waals surface area contributed by atoms with E-state index < -0.39 is 5.82 Å². The summed E-state index contributed by atoms with van der Waals surface area (Å²) >= 11 is 1.42. The highest BCUT2D eigenvalue weighted by Crippen LogP contribution is 2.25. The van der Waals surface area contributed by atoms with E-state index in [0.717, 1.165) is 27.9 Å². The Morgan fingerprint density at radius 3 is 2.59 bits per heavy atom. The lowest BCUT2D eigenvalue weighted by Crippen LogP contribution is -2.37. The summed E-state index contributed by atoms with van der Waals surface area (Å²) in [4.78, 5) is 44.6. The molecule has 8 heteroatoms. The van der Waals surface area contributed by atoms with Gasteiger partial charge in [0.05, 0.1) is 4.88 Å². The fraction of sp³-hybridized carbons (Fsp3) is 0.308. The van der Waals surface area contributed by atoms with E-state index in [1.54, 1.807) is 11.1 Å². The maximum absolute atomic E-state index is 13.1. The Labute approximate surface area is 201 Å². The maximum Gasteiger partial charge on any atom is 0.261 e. The molecule has 3 aromatic rings. The fourth-order valence-corrected chi connectivity index (χ4v) is 5.02. The van der Waals surface area contributed by atoms with Gasteiger partial charge in [0.1, 0.15) is 5.82 Å². The number of aromatic nitrogens is 1. The van der Waals surface area contributed by atoms with Crippen molar-refractivity contribution < 1.29 is 18.8 Å². The number of carbonyl (C=O) groups excluding carboxylic acids is 3. The number of benzene rings is 1. The van der Waals surface area contributed by atoms with E-state index in [1.807, 2.05) is 25.3 Å².